The van der Waals surface area contributed by atoms with Gasteiger partial charge in [0.05, 0.1) is 0 Å². The largest absolute Gasteiger partial charge is 0.301 e. The third-order valence-corrected chi connectivity index (χ3v) is 2.86. The van der Waals surface area contributed by atoms with Crippen LogP contribution in [0.25, 0.3) is 0 Å². The Labute approximate surface area is 90.6 Å². The van der Waals surface area contributed by atoms with Crippen LogP contribution in [0.15, 0.2) is 22.2 Å². The number of carbonyl (C=O) groups is 1. The molecule has 82 valence electrons. The Hall–Kier alpha value is -1.34. The molecule has 0 saturated heterocycles. The molecule has 6 nitrogen and oxygen atoms in total. The van der Waals surface area contributed by atoms with E-state index in [1.807, 2.05) is 0 Å². The first-order valence-electron chi connectivity index (χ1n) is 4.32. The molecule has 15 heavy (non-hydrogen) atoms. The minimum Gasteiger partial charge on any atom is -0.301 e. The molecule has 7 heteroatoms. The zero-order valence-electron chi connectivity index (χ0n) is 8.19. The van der Waals surface area contributed by atoms with Gasteiger partial charge in [-0.1, -0.05) is 18.7 Å². The Kier molecular flexibility index (Phi) is 4.32. The molecule has 4 N–H and O–H groups in total. The minimum atomic E-state index is -0.235. The predicted octanol–water partition coefficient (Wildman–Crippen LogP) is -0.512. The van der Waals surface area contributed by atoms with Gasteiger partial charge in [0.2, 0.25) is 5.91 Å². The van der Waals surface area contributed by atoms with E-state index in [0.29, 0.717) is 10.9 Å². The summed E-state index contributed by atoms with van der Waals surface area (Å²) >= 11 is 1.30. The lowest BCUT2D eigenvalue weighted by Crippen LogP contribution is -2.35. The average molecular weight is 228 g/mol. The van der Waals surface area contributed by atoms with Gasteiger partial charge in [-0.2, -0.15) is 0 Å². The molecular weight excluding hydrogens is 216 g/mol. The number of nitrogens with zero attached hydrogens (tertiary/aromatic N) is 1. The van der Waals surface area contributed by atoms with Crippen LogP contribution in [-0.2, 0) is 4.79 Å². The SMILES string of the molecule is CC(CSc1nccc(=O)[nH]1)C(=O)NN. The van der Waals surface area contributed by atoms with Crippen molar-refractivity contribution in [2.45, 2.75) is 12.1 Å². The zero-order chi connectivity index (χ0) is 11.3. The lowest BCUT2D eigenvalue weighted by atomic mass is 10.2. The number of aromatic amines is 1. The summed E-state index contributed by atoms with van der Waals surface area (Å²) in [6, 6.07) is 1.33. The summed E-state index contributed by atoms with van der Waals surface area (Å²) in [5.41, 5.74) is 1.86. The monoisotopic (exact) mass is 228 g/mol. The second kappa shape index (κ2) is 5.52. The van der Waals surface area contributed by atoms with E-state index in [-0.39, 0.29) is 17.4 Å². The Morgan fingerprint density at radius 2 is 2.53 bits per heavy atom. The second-order valence-electron chi connectivity index (χ2n) is 2.96. The highest BCUT2D eigenvalue weighted by Crippen LogP contribution is 2.14. The summed E-state index contributed by atoms with van der Waals surface area (Å²) in [5, 5.41) is 0.499. The van der Waals surface area contributed by atoms with E-state index in [4.69, 9.17) is 5.84 Å². The van der Waals surface area contributed by atoms with Crippen LogP contribution in [0.3, 0.4) is 0 Å². The number of H-pyrrole nitrogens is 1. The van der Waals surface area contributed by atoms with Crippen LogP contribution in [0, 0.1) is 5.92 Å². The van der Waals surface area contributed by atoms with Gasteiger partial charge in [0, 0.05) is 23.9 Å². The molecule has 0 radical (unpaired) electrons. The van der Waals surface area contributed by atoms with Crippen LogP contribution in [0.4, 0.5) is 0 Å². The summed E-state index contributed by atoms with van der Waals surface area (Å²) in [5.74, 6) is 5.03. The molecule has 0 spiro atoms. The van der Waals surface area contributed by atoms with E-state index in [0.717, 1.165) is 0 Å². The van der Waals surface area contributed by atoms with E-state index in [1.54, 1.807) is 6.92 Å². The highest BCUT2D eigenvalue weighted by Gasteiger charge is 2.11. The maximum atomic E-state index is 11.1. The van der Waals surface area contributed by atoms with Gasteiger partial charge < -0.3 is 4.98 Å². The van der Waals surface area contributed by atoms with Crippen molar-refractivity contribution in [1.29, 1.82) is 0 Å². The van der Waals surface area contributed by atoms with Crippen molar-refractivity contribution in [3.63, 3.8) is 0 Å². The molecule has 0 aliphatic heterocycles. The summed E-state index contributed by atoms with van der Waals surface area (Å²) < 4.78 is 0. The van der Waals surface area contributed by atoms with Gasteiger partial charge in [-0.15, -0.1) is 0 Å². The molecule has 0 bridgehead atoms. The summed E-state index contributed by atoms with van der Waals surface area (Å²) in [6.45, 7) is 1.75. The normalized spacial score (nSPS) is 12.1. The molecule has 1 heterocycles. The van der Waals surface area contributed by atoms with Crippen molar-refractivity contribution >= 4 is 17.7 Å². The molecule has 1 aromatic heterocycles. The number of hydrogen-bond acceptors (Lipinski definition) is 5. The topological polar surface area (TPSA) is 101 Å². The fraction of sp³-hybridized carbons (Fsp3) is 0.375. The molecule has 0 aromatic carbocycles. The fourth-order valence-electron chi connectivity index (χ4n) is 0.847. The third kappa shape index (κ3) is 3.72. The molecule has 1 rings (SSSR count). The Bertz CT molecular complexity index is 392. The molecule has 1 amide bonds. The first-order valence-corrected chi connectivity index (χ1v) is 5.30. The van der Waals surface area contributed by atoms with Gasteiger partial charge >= 0.3 is 0 Å². The number of carbonyl (C=O) groups excluding carboxylic acids is 1. The van der Waals surface area contributed by atoms with Crippen LogP contribution in [0.2, 0.25) is 0 Å². The standard InChI is InChI=1S/C8H12N4O2S/c1-5(7(14)12-9)4-15-8-10-3-2-6(13)11-8/h2-3,5H,4,9H2,1H3,(H,12,14)(H,10,11,13). The van der Waals surface area contributed by atoms with E-state index in [1.165, 1.54) is 24.0 Å². The molecule has 1 unspecified atom stereocenters. The van der Waals surface area contributed by atoms with E-state index < -0.39 is 0 Å². The van der Waals surface area contributed by atoms with Crippen LogP contribution in [-0.4, -0.2) is 21.6 Å². The van der Waals surface area contributed by atoms with Crippen molar-refractivity contribution in [1.82, 2.24) is 15.4 Å². The van der Waals surface area contributed by atoms with Crippen molar-refractivity contribution < 1.29 is 4.79 Å². The summed E-state index contributed by atoms with van der Waals surface area (Å²) in [7, 11) is 0. The predicted molar refractivity (Wildman–Crippen MR) is 57.1 cm³/mol. The van der Waals surface area contributed by atoms with Gasteiger partial charge in [-0.25, -0.2) is 10.8 Å². The lowest BCUT2D eigenvalue weighted by molar-refractivity contribution is -0.123. The van der Waals surface area contributed by atoms with Crippen LogP contribution >= 0.6 is 11.8 Å². The Balaban J connectivity index is 2.50. The summed E-state index contributed by atoms with van der Waals surface area (Å²) in [4.78, 5) is 28.5. The van der Waals surface area contributed by atoms with E-state index in [9.17, 15) is 9.59 Å². The smallest absolute Gasteiger partial charge is 0.251 e. The number of amides is 1. The highest BCUT2D eigenvalue weighted by atomic mass is 32.2. The first kappa shape index (κ1) is 11.7. The second-order valence-corrected chi connectivity index (χ2v) is 3.97. The molecule has 1 aromatic rings. The van der Waals surface area contributed by atoms with Gasteiger partial charge in [0.1, 0.15) is 0 Å². The van der Waals surface area contributed by atoms with Crippen molar-refractivity contribution in [2.24, 2.45) is 11.8 Å². The number of thioether (sulfide) groups is 1. The molecule has 1 atom stereocenters. The molecule has 0 aliphatic carbocycles. The number of hydrogen-bond donors (Lipinski definition) is 3. The quantitative estimate of drug-likeness (QED) is 0.212. The number of nitrogens with two attached hydrogens (primary N) is 1. The van der Waals surface area contributed by atoms with E-state index >= 15 is 0 Å². The maximum absolute atomic E-state index is 11.1. The van der Waals surface area contributed by atoms with Crippen LogP contribution < -0.4 is 16.8 Å². The fourth-order valence-corrected chi connectivity index (χ4v) is 1.71. The first-order chi connectivity index (χ1) is 7.13. The molecular formula is C8H12N4O2S. The van der Waals surface area contributed by atoms with E-state index in [2.05, 4.69) is 15.4 Å². The van der Waals surface area contributed by atoms with Gasteiger partial charge in [0.15, 0.2) is 5.16 Å². The number of nitrogens with one attached hydrogen (secondary N) is 2. The number of hydrazine groups is 1. The maximum Gasteiger partial charge on any atom is 0.251 e. The number of rotatable bonds is 4. The highest BCUT2D eigenvalue weighted by molar-refractivity contribution is 7.99. The Morgan fingerprint density at radius 3 is 3.13 bits per heavy atom. The Morgan fingerprint density at radius 1 is 1.80 bits per heavy atom. The van der Waals surface area contributed by atoms with Gasteiger partial charge in [0.25, 0.3) is 5.56 Å². The van der Waals surface area contributed by atoms with Gasteiger partial charge in [-0.3, -0.25) is 15.0 Å². The lowest BCUT2D eigenvalue weighted by Gasteiger charge is -2.07. The average Bonchev–Trinajstić information content (AvgIpc) is 2.25. The van der Waals surface area contributed by atoms with Crippen LogP contribution in [0.1, 0.15) is 6.92 Å². The van der Waals surface area contributed by atoms with Crippen molar-refractivity contribution in [2.75, 3.05) is 5.75 Å². The molecule has 0 aliphatic rings. The zero-order valence-corrected chi connectivity index (χ0v) is 9.00. The minimum absolute atomic E-state index is 0.205. The van der Waals surface area contributed by atoms with Crippen molar-refractivity contribution in [3.05, 3.63) is 22.6 Å². The number of aromatic nitrogens is 2. The van der Waals surface area contributed by atoms with Crippen LogP contribution in [0.5, 0.6) is 0 Å². The molecule has 0 fully saturated rings. The third-order valence-electron chi connectivity index (χ3n) is 1.71. The van der Waals surface area contributed by atoms with Crippen molar-refractivity contribution in [3.8, 4) is 0 Å². The summed E-state index contributed by atoms with van der Waals surface area (Å²) in [6.07, 6.45) is 1.43. The van der Waals surface area contributed by atoms with Gasteiger partial charge in [-0.05, 0) is 0 Å². The molecule has 0 saturated carbocycles.